The summed E-state index contributed by atoms with van der Waals surface area (Å²) in [6.07, 6.45) is 7.54. The van der Waals surface area contributed by atoms with E-state index in [-0.39, 0.29) is 17.2 Å². The highest BCUT2D eigenvalue weighted by Gasteiger charge is 2.45. The van der Waals surface area contributed by atoms with E-state index in [4.69, 9.17) is 4.74 Å². The molecule has 0 atom stereocenters. The SMILES string of the molecule is Cc1cc(Oc2ccncn2)c(=O)n2c1C(=O)NC21CCCCC1. The van der Waals surface area contributed by atoms with E-state index in [0.717, 1.165) is 37.7 Å². The number of aryl methyl sites for hydroxylation is 1. The first-order valence-electron chi connectivity index (χ1n) is 8.14. The second-order valence-electron chi connectivity index (χ2n) is 6.38. The first kappa shape index (κ1) is 14.9. The van der Waals surface area contributed by atoms with Crippen LogP contribution in [0.4, 0.5) is 0 Å². The Kier molecular flexibility index (Phi) is 3.37. The van der Waals surface area contributed by atoms with E-state index in [1.165, 1.54) is 6.33 Å². The Balaban J connectivity index is 1.85. The normalized spacial score (nSPS) is 18.3. The molecule has 124 valence electrons. The largest absolute Gasteiger partial charge is 0.433 e. The van der Waals surface area contributed by atoms with Crippen molar-refractivity contribution >= 4 is 5.91 Å². The zero-order chi connectivity index (χ0) is 16.7. The lowest BCUT2D eigenvalue weighted by Crippen LogP contribution is -2.48. The maximum absolute atomic E-state index is 13.0. The monoisotopic (exact) mass is 326 g/mol. The van der Waals surface area contributed by atoms with Gasteiger partial charge in [-0.2, -0.15) is 0 Å². The van der Waals surface area contributed by atoms with Gasteiger partial charge in [-0.1, -0.05) is 6.42 Å². The number of pyridine rings is 1. The Morgan fingerprint density at radius 2 is 2.04 bits per heavy atom. The maximum atomic E-state index is 13.0. The number of amides is 1. The molecule has 1 saturated carbocycles. The predicted molar refractivity (Wildman–Crippen MR) is 86.1 cm³/mol. The molecule has 1 aliphatic carbocycles. The lowest BCUT2D eigenvalue weighted by Gasteiger charge is -2.35. The fraction of sp³-hybridized carbons (Fsp3) is 0.412. The van der Waals surface area contributed by atoms with Crippen molar-refractivity contribution in [2.75, 3.05) is 0 Å². The van der Waals surface area contributed by atoms with Crippen LogP contribution in [0.2, 0.25) is 0 Å². The molecule has 0 bridgehead atoms. The molecule has 7 heteroatoms. The first-order chi connectivity index (χ1) is 11.6. The number of nitrogens with zero attached hydrogens (tertiary/aromatic N) is 3. The third kappa shape index (κ3) is 2.19. The van der Waals surface area contributed by atoms with Gasteiger partial charge in [-0.05, 0) is 44.2 Å². The molecule has 4 rings (SSSR count). The van der Waals surface area contributed by atoms with E-state index >= 15 is 0 Å². The fourth-order valence-corrected chi connectivity index (χ4v) is 3.74. The summed E-state index contributed by atoms with van der Waals surface area (Å²) < 4.78 is 7.27. The van der Waals surface area contributed by atoms with Crippen LogP contribution in [0.25, 0.3) is 0 Å². The van der Waals surface area contributed by atoms with Gasteiger partial charge in [-0.3, -0.25) is 14.2 Å². The van der Waals surface area contributed by atoms with Crippen LogP contribution in [-0.4, -0.2) is 20.4 Å². The number of hydrogen-bond donors (Lipinski definition) is 1. The minimum atomic E-state index is -0.614. The van der Waals surface area contributed by atoms with E-state index < -0.39 is 5.66 Å². The smallest absolute Gasteiger partial charge is 0.296 e. The summed E-state index contributed by atoms with van der Waals surface area (Å²) in [7, 11) is 0. The Hall–Kier alpha value is -2.70. The molecule has 1 spiro atoms. The van der Waals surface area contributed by atoms with Gasteiger partial charge in [0.1, 0.15) is 17.7 Å². The number of carbonyl (C=O) groups excluding carboxylic acids is 1. The minimum Gasteiger partial charge on any atom is -0.433 e. The zero-order valence-electron chi connectivity index (χ0n) is 13.4. The summed E-state index contributed by atoms with van der Waals surface area (Å²) in [6.45, 7) is 1.82. The molecular formula is C17H18N4O3. The molecule has 1 N–H and O–H groups in total. The number of carbonyl (C=O) groups is 1. The quantitative estimate of drug-likeness (QED) is 0.913. The van der Waals surface area contributed by atoms with Crippen LogP contribution in [0, 0.1) is 6.92 Å². The molecule has 1 aliphatic heterocycles. The van der Waals surface area contributed by atoms with Gasteiger partial charge in [-0.15, -0.1) is 0 Å². The number of hydrogen-bond acceptors (Lipinski definition) is 5. The Morgan fingerprint density at radius 3 is 2.75 bits per heavy atom. The van der Waals surface area contributed by atoms with Crippen molar-refractivity contribution < 1.29 is 9.53 Å². The molecule has 0 aromatic carbocycles. The van der Waals surface area contributed by atoms with Gasteiger partial charge in [0.05, 0.1) is 0 Å². The average molecular weight is 326 g/mol. The van der Waals surface area contributed by atoms with E-state index in [1.807, 2.05) is 6.92 Å². The maximum Gasteiger partial charge on any atom is 0.296 e. The molecule has 2 aromatic heterocycles. The second kappa shape index (κ2) is 5.43. The summed E-state index contributed by atoms with van der Waals surface area (Å²) >= 11 is 0. The lowest BCUT2D eigenvalue weighted by molar-refractivity contribution is 0.0876. The van der Waals surface area contributed by atoms with E-state index in [1.54, 1.807) is 22.9 Å². The summed E-state index contributed by atoms with van der Waals surface area (Å²) in [6, 6.07) is 3.20. The van der Waals surface area contributed by atoms with Crippen LogP contribution in [-0.2, 0) is 5.66 Å². The standard InChI is InChI=1S/C17H18N4O3/c1-11-9-12(24-13-5-8-18-10-19-13)16(23)21-14(11)15(22)20-17(21)6-3-2-4-7-17/h5,8-10H,2-4,6-7H2,1H3,(H,20,22). The van der Waals surface area contributed by atoms with Gasteiger partial charge < -0.3 is 10.1 Å². The molecule has 24 heavy (non-hydrogen) atoms. The van der Waals surface area contributed by atoms with Crippen molar-refractivity contribution in [2.45, 2.75) is 44.7 Å². The highest BCUT2D eigenvalue weighted by atomic mass is 16.5. The highest BCUT2D eigenvalue weighted by molar-refractivity contribution is 5.96. The number of aromatic nitrogens is 3. The van der Waals surface area contributed by atoms with Gasteiger partial charge in [-0.25, -0.2) is 9.97 Å². The molecule has 0 radical (unpaired) electrons. The molecule has 1 fully saturated rings. The molecule has 0 unspecified atom stereocenters. The minimum absolute atomic E-state index is 0.177. The number of nitrogens with one attached hydrogen (secondary N) is 1. The zero-order valence-corrected chi connectivity index (χ0v) is 13.4. The lowest BCUT2D eigenvalue weighted by atomic mass is 9.89. The molecule has 0 saturated heterocycles. The van der Waals surface area contributed by atoms with Crippen LogP contribution < -0.4 is 15.6 Å². The van der Waals surface area contributed by atoms with E-state index in [9.17, 15) is 9.59 Å². The van der Waals surface area contributed by atoms with Crippen molar-refractivity contribution in [3.05, 3.63) is 46.3 Å². The van der Waals surface area contributed by atoms with Crippen molar-refractivity contribution in [1.29, 1.82) is 0 Å². The topological polar surface area (TPSA) is 86.1 Å². The Morgan fingerprint density at radius 1 is 1.25 bits per heavy atom. The molecular weight excluding hydrogens is 308 g/mol. The summed E-state index contributed by atoms with van der Waals surface area (Å²) in [5, 5.41) is 3.05. The van der Waals surface area contributed by atoms with E-state index in [2.05, 4.69) is 15.3 Å². The third-order valence-electron chi connectivity index (χ3n) is 4.80. The van der Waals surface area contributed by atoms with Crippen molar-refractivity contribution in [3.63, 3.8) is 0 Å². The van der Waals surface area contributed by atoms with Gasteiger partial charge in [0.15, 0.2) is 5.75 Å². The number of rotatable bonds is 2. The van der Waals surface area contributed by atoms with Gasteiger partial charge in [0.25, 0.3) is 11.5 Å². The van der Waals surface area contributed by atoms with Gasteiger partial charge >= 0.3 is 0 Å². The van der Waals surface area contributed by atoms with Gasteiger partial charge in [0.2, 0.25) is 5.88 Å². The molecule has 1 amide bonds. The molecule has 2 aromatic rings. The summed E-state index contributed by atoms with van der Waals surface area (Å²) in [5.41, 5.74) is 0.252. The average Bonchev–Trinajstić information content (AvgIpc) is 2.86. The molecule has 7 nitrogen and oxygen atoms in total. The van der Waals surface area contributed by atoms with Crippen molar-refractivity contribution in [3.8, 4) is 11.6 Å². The van der Waals surface area contributed by atoms with Crippen LogP contribution in [0.1, 0.15) is 48.2 Å². The second-order valence-corrected chi connectivity index (χ2v) is 6.38. The summed E-state index contributed by atoms with van der Waals surface area (Å²) in [4.78, 5) is 33.3. The number of fused-ring (bicyclic) bond motifs is 2. The number of ether oxygens (including phenoxy) is 1. The van der Waals surface area contributed by atoms with E-state index in [0.29, 0.717) is 11.6 Å². The van der Waals surface area contributed by atoms with Crippen molar-refractivity contribution in [2.24, 2.45) is 0 Å². The van der Waals surface area contributed by atoms with Crippen LogP contribution in [0.15, 0.2) is 29.5 Å². The highest BCUT2D eigenvalue weighted by Crippen LogP contribution is 2.37. The third-order valence-corrected chi connectivity index (χ3v) is 4.80. The van der Waals surface area contributed by atoms with Crippen molar-refractivity contribution in [1.82, 2.24) is 19.9 Å². The summed E-state index contributed by atoms with van der Waals surface area (Å²) in [5.74, 6) is 0.300. The Labute approximate surface area is 138 Å². The first-order valence-corrected chi connectivity index (χ1v) is 8.14. The molecule has 3 heterocycles. The Bertz CT molecular complexity index is 854. The fourth-order valence-electron chi connectivity index (χ4n) is 3.74. The predicted octanol–water partition coefficient (Wildman–Crippen LogP) is 2.10. The van der Waals surface area contributed by atoms with Crippen LogP contribution >= 0.6 is 0 Å². The van der Waals surface area contributed by atoms with Crippen LogP contribution in [0.3, 0.4) is 0 Å². The molecule has 2 aliphatic rings. The van der Waals surface area contributed by atoms with Gasteiger partial charge in [0, 0.05) is 12.3 Å². The van der Waals surface area contributed by atoms with Crippen LogP contribution in [0.5, 0.6) is 11.6 Å².